The molecule has 0 saturated heterocycles. The van der Waals surface area contributed by atoms with Crippen molar-refractivity contribution in [2.24, 2.45) is 11.1 Å². The van der Waals surface area contributed by atoms with Gasteiger partial charge in [0.1, 0.15) is 0 Å². The minimum atomic E-state index is -3.55. The highest BCUT2D eigenvalue weighted by molar-refractivity contribution is 7.89. The lowest BCUT2D eigenvalue weighted by atomic mass is 10.0. The van der Waals surface area contributed by atoms with Gasteiger partial charge in [-0.1, -0.05) is 37.6 Å². The number of rotatable bonds is 3. The van der Waals surface area contributed by atoms with Gasteiger partial charge in [0.2, 0.25) is 10.0 Å². The molecule has 0 atom stereocenters. The molecule has 0 bridgehead atoms. The molecule has 0 aliphatic rings. The zero-order valence-corrected chi connectivity index (χ0v) is 16.0. The topological polar surface area (TPSA) is 106 Å². The zero-order chi connectivity index (χ0) is 19.3. The summed E-state index contributed by atoms with van der Waals surface area (Å²) in [6.45, 7) is 4.24. The van der Waals surface area contributed by atoms with Gasteiger partial charge in [0.05, 0.1) is 22.1 Å². The van der Waals surface area contributed by atoms with Gasteiger partial charge in [0.25, 0.3) is 5.56 Å². The van der Waals surface area contributed by atoms with E-state index in [1.54, 1.807) is 42.5 Å². The number of nitrogens with one attached hydrogen (secondary N) is 1. The van der Waals surface area contributed by atoms with Crippen molar-refractivity contribution in [3.05, 3.63) is 69.7 Å². The van der Waals surface area contributed by atoms with Crippen molar-refractivity contribution in [2.45, 2.75) is 25.2 Å². The van der Waals surface area contributed by atoms with Gasteiger partial charge in [-0.25, -0.2) is 18.5 Å². The maximum Gasteiger partial charge on any atom is 0.258 e. The minimum absolute atomic E-state index is 0.164. The molecule has 0 spiro atoms. The van der Waals surface area contributed by atoms with Gasteiger partial charge in [-0.05, 0) is 48.2 Å². The van der Waals surface area contributed by atoms with Crippen LogP contribution in [0.3, 0.4) is 0 Å². The number of benzene rings is 2. The Morgan fingerprint density at radius 2 is 1.81 bits per heavy atom. The van der Waals surface area contributed by atoms with E-state index < -0.39 is 10.0 Å². The van der Waals surface area contributed by atoms with Gasteiger partial charge in [0, 0.05) is 5.02 Å². The number of primary sulfonamides is 1. The lowest BCUT2D eigenvalue weighted by Crippen LogP contribution is -2.11. The third kappa shape index (κ3) is 5.66. The number of hydrogen-bond donors (Lipinski definition) is 2. The van der Waals surface area contributed by atoms with Gasteiger partial charge in [-0.15, -0.1) is 0 Å². The third-order valence-electron chi connectivity index (χ3n) is 3.50. The normalized spacial score (nSPS) is 11.3. The van der Waals surface area contributed by atoms with Crippen LogP contribution in [0, 0.1) is 5.92 Å². The second-order valence-corrected chi connectivity index (χ2v) is 8.18. The molecule has 6 nitrogen and oxygen atoms in total. The van der Waals surface area contributed by atoms with E-state index in [-0.39, 0.29) is 10.5 Å². The van der Waals surface area contributed by atoms with Gasteiger partial charge >= 0.3 is 0 Å². The van der Waals surface area contributed by atoms with Crippen molar-refractivity contribution in [1.29, 1.82) is 0 Å². The van der Waals surface area contributed by atoms with Crippen molar-refractivity contribution in [1.82, 2.24) is 9.97 Å². The summed E-state index contributed by atoms with van der Waals surface area (Å²) in [5, 5.41) is 6.04. The Morgan fingerprint density at radius 1 is 1.15 bits per heavy atom. The number of nitrogens with two attached hydrogens (primary N) is 1. The van der Waals surface area contributed by atoms with Crippen LogP contribution in [-0.4, -0.2) is 18.4 Å². The fourth-order valence-corrected chi connectivity index (χ4v) is 3.02. The Labute approximate surface area is 157 Å². The Morgan fingerprint density at radius 3 is 2.38 bits per heavy atom. The maximum atomic E-state index is 11.2. The Kier molecular flexibility index (Phi) is 6.52. The first kappa shape index (κ1) is 20.1. The first-order valence-electron chi connectivity index (χ1n) is 7.91. The molecule has 0 saturated carbocycles. The summed E-state index contributed by atoms with van der Waals surface area (Å²) < 4.78 is 21.9. The first-order valence-corrected chi connectivity index (χ1v) is 9.84. The zero-order valence-electron chi connectivity index (χ0n) is 14.4. The molecule has 0 radical (unpaired) electrons. The van der Waals surface area contributed by atoms with E-state index in [0.717, 1.165) is 12.0 Å². The van der Waals surface area contributed by atoms with Crippen LogP contribution in [0.5, 0.6) is 0 Å². The Bertz CT molecular complexity index is 1050. The summed E-state index contributed by atoms with van der Waals surface area (Å²) in [4.78, 5) is 17.8. The molecule has 1 aromatic heterocycles. The summed E-state index contributed by atoms with van der Waals surface area (Å²) in [6, 6.07) is 11.7. The first-order chi connectivity index (χ1) is 12.2. The van der Waals surface area contributed by atoms with Gasteiger partial charge < -0.3 is 4.98 Å². The molecule has 3 N–H and O–H groups in total. The maximum absolute atomic E-state index is 11.2. The number of halogens is 1. The second-order valence-electron chi connectivity index (χ2n) is 6.18. The fraction of sp³-hybridized carbons (Fsp3) is 0.222. The minimum Gasteiger partial charge on any atom is -0.313 e. The van der Waals surface area contributed by atoms with Crippen molar-refractivity contribution < 1.29 is 8.42 Å². The summed E-state index contributed by atoms with van der Waals surface area (Å²) in [5.41, 5.74) is 1.62. The number of hydrogen-bond acceptors (Lipinski definition) is 4. The number of H-pyrrole nitrogens is 1. The highest BCUT2D eigenvalue weighted by Crippen LogP contribution is 2.13. The van der Waals surface area contributed by atoms with Crippen LogP contribution in [0.1, 0.15) is 19.4 Å². The molecule has 0 aliphatic heterocycles. The van der Waals surface area contributed by atoms with Crippen LogP contribution in [0.15, 0.2) is 58.5 Å². The molecule has 3 rings (SSSR count). The lowest BCUT2D eigenvalue weighted by molar-refractivity contribution is 0.597. The number of sulfonamides is 1. The third-order valence-corrected chi connectivity index (χ3v) is 4.66. The van der Waals surface area contributed by atoms with Crippen LogP contribution in [-0.2, 0) is 16.4 Å². The number of aromatic nitrogens is 2. The summed E-state index contributed by atoms with van der Waals surface area (Å²) in [5.74, 6) is 0.565. The summed E-state index contributed by atoms with van der Waals surface area (Å²) in [7, 11) is -3.55. The van der Waals surface area contributed by atoms with Crippen LogP contribution < -0.4 is 10.7 Å². The molecule has 1 heterocycles. The van der Waals surface area contributed by atoms with E-state index in [1.165, 1.54) is 6.33 Å². The van der Waals surface area contributed by atoms with E-state index in [9.17, 15) is 13.2 Å². The predicted octanol–water partition coefficient (Wildman–Crippen LogP) is 3.11. The Balaban J connectivity index is 0.000000189. The summed E-state index contributed by atoms with van der Waals surface area (Å²) >= 11 is 5.71. The van der Waals surface area contributed by atoms with Crippen molar-refractivity contribution in [3.63, 3.8) is 0 Å². The van der Waals surface area contributed by atoms with Gasteiger partial charge in [-0.3, -0.25) is 4.79 Å². The van der Waals surface area contributed by atoms with Crippen LogP contribution in [0.4, 0.5) is 0 Å². The monoisotopic (exact) mass is 393 g/mol. The number of aromatic amines is 1. The average Bonchev–Trinajstić information content (AvgIpc) is 2.55. The van der Waals surface area contributed by atoms with E-state index in [0.29, 0.717) is 21.8 Å². The molecule has 0 unspecified atom stereocenters. The average molecular weight is 394 g/mol. The molecular formula is C18H20ClN3O3S. The van der Waals surface area contributed by atoms with Crippen molar-refractivity contribution in [3.8, 4) is 0 Å². The molecule has 2 aromatic carbocycles. The smallest absolute Gasteiger partial charge is 0.258 e. The van der Waals surface area contributed by atoms with Gasteiger partial charge in [0.15, 0.2) is 0 Å². The van der Waals surface area contributed by atoms with Crippen molar-refractivity contribution >= 4 is 32.5 Å². The molecule has 3 aromatic rings. The highest BCUT2D eigenvalue weighted by atomic mass is 35.5. The molecule has 26 heavy (non-hydrogen) atoms. The Hall–Kier alpha value is -2.22. The van der Waals surface area contributed by atoms with Crippen molar-refractivity contribution in [2.75, 3.05) is 0 Å². The standard InChI is InChI=1S/C10H15NO2S.C8H5ClN2O/c1-8(2)7-9-3-5-10(6-4-9)14(11,12)13;9-5-1-2-7-6(3-5)8(12)11-4-10-7/h3-6,8H,7H2,1-2H3,(H2,11,12,13);1-4H,(H,10,11,12). The predicted molar refractivity (Wildman–Crippen MR) is 104 cm³/mol. The van der Waals surface area contributed by atoms with Crippen LogP contribution >= 0.6 is 11.6 Å². The van der Waals surface area contributed by atoms with Crippen LogP contribution in [0.25, 0.3) is 10.9 Å². The molecule has 8 heteroatoms. The highest BCUT2D eigenvalue weighted by Gasteiger charge is 2.06. The van der Waals surface area contributed by atoms with Crippen LogP contribution in [0.2, 0.25) is 5.02 Å². The van der Waals surface area contributed by atoms with E-state index in [1.807, 2.05) is 0 Å². The van der Waals surface area contributed by atoms with E-state index in [4.69, 9.17) is 16.7 Å². The fourth-order valence-electron chi connectivity index (χ4n) is 2.33. The quantitative estimate of drug-likeness (QED) is 0.712. The largest absolute Gasteiger partial charge is 0.313 e. The van der Waals surface area contributed by atoms with E-state index in [2.05, 4.69) is 23.8 Å². The SMILES string of the molecule is CC(C)Cc1ccc(S(N)(=O)=O)cc1.O=c1[nH]cnc2ccc(Cl)cc12. The molecule has 0 aliphatic carbocycles. The molecular weight excluding hydrogens is 374 g/mol. The van der Waals surface area contributed by atoms with Gasteiger partial charge in [-0.2, -0.15) is 0 Å². The number of fused-ring (bicyclic) bond motifs is 1. The lowest BCUT2D eigenvalue weighted by Gasteiger charge is -2.05. The van der Waals surface area contributed by atoms with E-state index >= 15 is 0 Å². The molecule has 138 valence electrons. The second kappa shape index (κ2) is 8.44. The molecule has 0 fully saturated rings. The summed E-state index contributed by atoms with van der Waals surface area (Å²) in [6.07, 6.45) is 2.32. The number of nitrogens with zero attached hydrogens (tertiary/aromatic N) is 1. The molecule has 0 amide bonds.